The lowest BCUT2D eigenvalue weighted by molar-refractivity contribution is 0.294. The Bertz CT molecular complexity index is 636. The van der Waals surface area contributed by atoms with Gasteiger partial charge in [-0.15, -0.1) is 0 Å². The highest BCUT2D eigenvalue weighted by atomic mass is 79.9. The third-order valence-corrected chi connectivity index (χ3v) is 3.99. The van der Waals surface area contributed by atoms with E-state index in [1.807, 2.05) is 20.0 Å². The Hall–Kier alpha value is -1.10. The molecule has 5 heteroatoms. The van der Waals surface area contributed by atoms with Crippen LogP contribution in [0.3, 0.4) is 0 Å². The van der Waals surface area contributed by atoms with E-state index in [4.69, 9.17) is 16.3 Å². The van der Waals surface area contributed by atoms with Gasteiger partial charge in [-0.3, -0.25) is 0 Å². The fraction of sp³-hybridized carbons (Fsp3) is 0.250. The van der Waals surface area contributed by atoms with Gasteiger partial charge in [-0.05, 0) is 50.4 Å². The summed E-state index contributed by atoms with van der Waals surface area (Å²) in [6, 6.07) is 10.3. The molecule has 2 rings (SSSR count). The van der Waals surface area contributed by atoms with Gasteiger partial charge in [-0.2, -0.15) is 0 Å². The standard InChI is InChI=1S/C16H16BrClFNO/c1-10(20-2)14-8-13(18)4-6-16(14)21-9-11-7-12(17)3-5-15(11)19/h3-8,10,20H,9H2,1-2H3. The van der Waals surface area contributed by atoms with E-state index in [9.17, 15) is 4.39 Å². The van der Waals surface area contributed by atoms with Gasteiger partial charge >= 0.3 is 0 Å². The normalized spacial score (nSPS) is 12.2. The first-order chi connectivity index (χ1) is 10.0. The van der Waals surface area contributed by atoms with Crippen LogP contribution in [0.1, 0.15) is 24.1 Å². The minimum absolute atomic E-state index is 0.0889. The molecular weight excluding hydrogens is 357 g/mol. The molecule has 0 radical (unpaired) electrons. The molecule has 0 aliphatic carbocycles. The number of ether oxygens (including phenoxy) is 1. The third kappa shape index (κ3) is 4.19. The minimum Gasteiger partial charge on any atom is -0.488 e. The van der Waals surface area contributed by atoms with Gasteiger partial charge in [0.05, 0.1) is 0 Å². The molecule has 0 saturated carbocycles. The van der Waals surface area contributed by atoms with Crippen molar-refractivity contribution in [2.75, 3.05) is 7.05 Å². The number of nitrogens with one attached hydrogen (secondary N) is 1. The van der Waals surface area contributed by atoms with Crippen molar-refractivity contribution < 1.29 is 9.13 Å². The molecule has 0 aromatic heterocycles. The van der Waals surface area contributed by atoms with Crippen LogP contribution in [0.25, 0.3) is 0 Å². The molecule has 0 bridgehead atoms. The van der Waals surface area contributed by atoms with E-state index in [1.165, 1.54) is 6.07 Å². The molecule has 0 heterocycles. The summed E-state index contributed by atoms with van der Waals surface area (Å²) < 4.78 is 20.3. The van der Waals surface area contributed by atoms with E-state index >= 15 is 0 Å². The largest absolute Gasteiger partial charge is 0.488 e. The van der Waals surface area contributed by atoms with Crippen molar-refractivity contribution in [2.45, 2.75) is 19.6 Å². The van der Waals surface area contributed by atoms with Gasteiger partial charge < -0.3 is 10.1 Å². The molecule has 112 valence electrons. The summed E-state index contributed by atoms with van der Waals surface area (Å²) in [7, 11) is 1.86. The lowest BCUT2D eigenvalue weighted by atomic mass is 10.1. The van der Waals surface area contributed by atoms with E-state index in [2.05, 4.69) is 21.2 Å². The molecule has 0 aliphatic rings. The van der Waals surface area contributed by atoms with Crippen LogP contribution in [0.5, 0.6) is 5.75 Å². The lowest BCUT2D eigenvalue weighted by Gasteiger charge is -2.17. The molecule has 2 aromatic carbocycles. The zero-order valence-electron chi connectivity index (χ0n) is 11.8. The molecule has 0 spiro atoms. The molecule has 0 fully saturated rings. The average Bonchev–Trinajstić information content (AvgIpc) is 2.48. The third-order valence-electron chi connectivity index (χ3n) is 3.26. The zero-order valence-corrected chi connectivity index (χ0v) is 14.1. The monoisotopic (exact) mass is 371 g/mol. The van der Waals surface area contributed by atoms with Crippen molar-refractivity contribution >= 4 is 27.5 Å². The second-order valence-electron chi connectivity index (χ2n) is 4.72. The summed E-state index contributed by atoms with van der Waals surface area (Å²) in [5, 5.41) is 3.79. The van der Waals surface area contributed by atoms with Gasteiger partial charge in [0.15, 0.2) is 0 Å². The van der Waals surface area contributed by atoms with Crippen LogP contribution in [-0.2, 0) is 6.61 Å². The van der Waals surface area contributed by atoms with Crippen LogP contribution in [0.4, 0.5) is 4.39 Å². The van der Waals surface area contributed by atoms with Crippen LogP contribution in [0, 0.1) is 5.82 Å². The number of hydrogen-bond donors (Lipinski definition) is 1. The molecule has 0 saturated heterocycles. The van der Waals surface area contributed by atoms with Crippen molar-refractivity contribution in [1.82, 2.24) is 5.32 Å². The summed E-state index contributed by atoms with van der Waals surface area (Å²) in [4.78, 5) is 0. The molecule has 0 amide bonds. The van der Waals surface area contributed by atoms with Gasteiger partial charge in [0, 0.05) is 26.7 Å². The Kier molecular flexibility index (Phi) is 5.62. The highest BCUT2D eigenvalue weighted by Crippen LogP contribution is 2.29. The fourth-order valence-corrected chi connectivity index (χ4v) is 2.54. The molecule has 1 N–H and O–H groups in total. The van der Waals surface area contributed by atoms with Gasteiger partial charge in [0.2, 0.25) is 0 Å². The minimum atomic E-state index is -0.282. The van der Waals surface area contributed by atoms with Gasteiger partial charge in [0.25, 0.3) is 0 Å². The highest BCUT2D eigenvalue weighted by molar-refractivity contribution is 9.10. The second kappa shape index (κ2) is 7.25. The van der Waals surface area contributed by atoms with Crippen LogP contribution in [-0.4, -0.2) is 7.05 Å². The van der Waals surface area contributed by atoms with Crippen molar-refractivity contribution in [1.29, 1.82) is 0 Å². The molecular formula is C16H16BrClFNO. The van der Waals surface area contributed by atoms with Crippen molar-refractivity contribution in [3.63, 3.8) is 0 Å². The maximum absolute atomic E-state index is 13.7. The van der Waals surface area contributed by atoms with Crippen LogP contribution in [0.15, 0.2) is 40.9 Å². The van der Waals surface area contributed by atoms with Crippen molar-refractivity contribution in [2.24, 2.45) is 0 Å². The smallest absolute Gasteiger partial charge is 0.129 e. The first-order valence-corrected chi connectivity index (χ1v) is 7.72. The maximum atomic E-state index is 13.7. The highest BCUT2D eigenvalue weighted by Gasteiger charge is 2.12. The Morgan fingerprint density at radius 3 is 2.76 bits per heavy atom. The van der Waals surface area contributed by atoms with Gasteiger partial charge in [0.1, 0.15) is 18.2 Å². The van der Waals surface area contributed by atoms with Crippen LogP contribution >= 0.6 is 27.5 Å². The average molecular weight is 373 g/mol. The second-order valence-corrected chi connectivity index (χ2v) is 6.07. The molecule has 2 nitrogen and oxygen atoms in total. The van der Waals surface area contributed by atoms with E-state index < -0.39 is 0 Å². The number of rotatable bonds is 5. The fourth-order valence-electron chi connectivity index (χ4n) is 1.95. The van der Waals surface area contributed by atoms with Crippen molar-refractivity contribution in [3.05, 3.63) is 62.8 Å². The predicted molar refractivity (Wildman–Crippen MR) is 87.4 cm³/mol. The van der Waals surface area contributed by atoms with E-state index in [-0.39, 0.29) is 18.5 Å². The van der Waals surface area contributed by atoms with Crippen molar-refractivity contribution in [3.8, 4) is 5.75 Å². The zero-order chi connectivity index (χ0) is 15.4. The summed E-state index contributed by atoms with van der Waals surface area (Å²) >= 11 is 9.36. The maximum Gasteiger partial charge on any atom is 0.129 e. The lowest BCUT2D eigenvalue weighted by Crippen LogP contribution is -2.14. The van der Waals surface area contributed by atoms with E-state index in [0.29, 0.717) is 16.3 Å². The molecule has 0 aliphatic heterocycles. The topological polar surface area (TPSA) is 21.3 Å². The Labute approximate surface area is 137 Å². The Balaban J connectivity index is 2.21. The molecule has 2 aromatic rings. The summed E-state index contributed by atoms with van der Waals surface area (Å²) in [6.45, 7) is 2.18. The van der Waals surface area contributed by atoms with Crippen LogP contribution in [0.2, 0.25) is 5.02 Å². The van der Waals surface area contributed by atoms with Crippen LogP contribution < -0.4 is 10.1 Å². The quantitative estimate of drug-likeness (QED) is 0.788. The number of benzene rings is 2. The molecule has 21 heavy (non-hydrogen) atoms. The van der Waals surface area contributed by atoms with E-state index in [1.54, 1.807) is 24.3 Å². The van der Waals surface area contributed by atoms with Gasteiger partial charge in [-0.25, -0.2) is 4.39 Å². The summed E-state index contributed by atoms with van der Waals surface area (Å²) in [6.07, 6.45) is 0. The molecule has 1 atom stereocenters. The Morgan fingerprint density at radius 1 is 1.29 bits per heavy atom. The molecule has 1 unspecified atom stereocenters. The SMILES string of the molecule is CNC(C)c1cc(Cl)ccc1OCc1cc(Br)ccc1F. The van der Waals surface area contributed by atoms with Gasteiger partial charge in [-0.1, -0.05) is 27.5 Å². The Morgan fingerprint density at radius 2 is 2.05 bits per heavy atom. The number of hydrogen-bond acceptors (Lipinski definition) is 2. The first-order valence-electron chi connectivity index (χ1n) is 6.54. The van der Waals surface area contributed by atoms with E-state index in [0.717, 1.165) is 10.0 Å². The number of halogens is 3. The first kappa shape index (κ1) is 16.3. The summed E-state index contributed by atoms with van der Waals surface area (Å²) in [5.74, 6) is 0.413. The summed E-state index contributed by atoms with van der Waals surface area (Å²) in [5.41, 5.74) is 1.45. The predicted octanol–water partition coefficient (Wildman–Crippen LogP) is 5.10.